The summed E-state index contributed by atoms with van der Waals surface area (Å²) < 4.78 is 7.67. The maximum Gasteiger partial charge on any atom is 0.280 e. The lowest BCUT2D eigenvalue weighted by molar-refractivity contribution is 0.0947. The minimum atomic E-state index is -0.398. The number of halogens is 1. The van der Waals surface area contributed by atoms with E-state index >= 15 is 0 Å². The standard InChI is InChI=1S/C28H24ClN5O3S2/c1-2-19-9-12-33(13-10-21-8-11-31-39-21)28(37)26(19)23-15-25(30-16-22-6-7-24(29)38-22)34(32-23)27(36)20-5-3-4-18(14-20)17-35/h2-9,11-12,14-15,30,35H,1,10,13,16-17H2. The third-order valence-electron chi connectivity index (χ3n) is 6.09. The number of aromatic nitrogens is 4. The van der Waals surface area contributed by atoms with Crippen molar-refractivity contribution in [2.45, 2.75) is 26.1 Å². The van der Waals surface area contributed by atoms with Crippen molar-refractivity contribution in [3.8, 4) is 11.3 Å². The molecule has 0 radical (unpaired) electrons. The summed E-state index contributed by atoms with van der Waals surface area (Å²) in [5.74, 6) is 0.0215. The Kier molecular flexibility index (Phi) is 8.18. The molecule has 0 aliphatic heterocycles. The number of carbonyl (C=O) groups excluding carboxylic acids is 1. The van der Waals surface area contributed by atoms with E-state index in [9.17, 15) is 14.7 Å². The average molecular weight is 578 g/mol. The molecular formula is C28H24ClN5O3S2. The zero-order chi connectivity index (χ0) is 27.4. The molecule has 11 heteroatoms. The topological polar surface area (TPSA) is 102 Å². The van der Waals surface area contributed by atoms with Crippen LogP contribution in [-0.2, 0) is 26.1 Å². The van der Waals surface area contributed by atoms with Gasteiger partial charge < -0.3 is 15.0 Å². The molecule has 0 fully saturated rings. The van der Waals surface area contributed by atoms with Crippen LogP contribution in [0.1, 0.15) is 31.2 Å². The fourth-order valence-corrected chi connectivity index (χ4v) is 5.72. The first kappa shape index (κ1) is 26.8. The van der Waals surface area contributed by atoms with Crippen LogP contribution in [-0.4, -0.2) is 29.7 Å². The van der Waals surface area contributed by atoms with Gasteiger partial charge in [0.25, 0.3) is 11.5 Å². The first-order valence-electron chi connectivity index (χ1n) is 12.1. The van der Waals surface area contributed by atoms with Gasteiger partial charge in [0, 0.05) is 46.7 Å². The van der Waals surface area contributed by atoms with E-state index in [2.05, 4.69) is 21.4 Å². The molecule has 4 aromatic heterocycles. The van der Waals surface area contributed by atoms with Crippen molar-refractivity contribution in [3.63, 3.8) is 0 Å². The summed E-state index contributed by atoms with van der Waals surface area (Å²) in [5, 5.41) is 17.4. The number of nitrogens with zero attached hydrogens (tertiary/aromatic N) is 4. The molecule has 0 bridgehead atoms. The van der Waals surface area contributed by atoms with Crippen LogP contribution < -0.4 is 10.9 Å². The van der Waals surface area contributed by atoms with Gasteiger partial charge >= 0.3 is 0 Å². The summed E-state index contributed by atoms with van der Waals surface area (Å²) in [5.41, 5.74) is 2.06. The monoisotopic (exact) mass is 577 g/mol. The summed E-state index contributed by atoms with van der Waals surface area (Å²) in [6.07, 6.45) is 5.76. The van der Waals surface area contributed by atoms with Crippen LogP contribution in [0.5, 0.6) is 0 Å². The van der Waals surface area contributed by atoms with Crippen LogP contribution >= 0.6 is 34.5 Å². The van der Waals surface area contributed by atoms with Crippen LogP contribution in [0.25, 0.3) is 17.3 Å². The fourth-order valence-electron chi connectivity index (χ4n) is 4.13. The van der Waals surface area contributed by atoms with Gasteiger partial charge in [0.1, 0.15) is 11.5 Å². The van der Waals surface area contributed by atoms with Crippen molar-refractivity contribution >= 4 is 52.3 Å². The quantitative estimate of drug-likeness (QED) is 0.225. The highest BCUT2D eigenvalue weighted by atomic mass is 35.5. The van der Waals surface area contributed by atoms with E-state index in [4.69, 9.17) is 11.6 Å². The largest absolute Gasteiger partial charge is 0.392 e. The number of aryl methyl sites for hydroxylation is 2. The lowest BCUT2D eigenvalue weighted by Crippen LogP contribution is -2.23. The maximum absolute atomic E-state index is 13.6. The number of hydrogen-bond donors (Lipinski definition) is 2. The van der Waals surface area contributed by atoms with Crippen molar-refractivity contribution in [2.24, 2.45) is 0 Å². The number of thiophene rings is 1. The first-order valence-corrected chi connectivity index (χ1v) is 14.0. The summed E-state index contributed by atoms with van der Waals surface area (Å²) in [7, 11) is 0. The molecule has 0 unspecified atom stereocenters. The van der Waals surface area contributed by atoms with Crippen molar-refractivity contribution in [2.75, 3.05) is 5.32 Å². The highest BCUT2D eigenvalue weighted by Gasteiger charge is 2.21. The number of aliphatic hydroxyl groups is 1. The third kappa shape index (κ3) is 5.94. The zero-order valence-electron chi connectivity index (χ0n) is 20.7. The Labute approximate surface area is 237 Å². The molecule has 0 saturated carbocycles. The number of benzene rings is 1. The minimum absolute atomic E-state index is 0.191. The number of hydrogen-bond acceptors (Lipinski definition) is 8. The second kappa shape index (κ2) is 11.9. The number of pyridine rings is 1. The maximum atomic E-state index is 13.6. The lowest BCUT2D eigenvalue weighted by atomic mass is 10.1. The number of nitrogens with one attached hydrogen (secondary N) is 1. The van der Waals surface area contributed by atoms with Crippen molar-refractivity contribution in [3.05, 3.63) is 115 Å². The molecule has 0 aliphatic rings. The fraction of sp³-hybridized carbons (Fsp3) is 0.143. The molecule has 39 heavy (non-hydrogen) atoms. The Morgan fingerprint density at radius 2 is 2.03 bits per heavy atom. The Balaban J connectivity index is 1.55. The average Bonchev–Trinajstić information content (AvgIpc) is 3.72. The normalized spacial score (nSPS) is 11.0. The van der Waals surface area contributed by atoms with Gasteiger partial charge in [-0.1, -0.05) is 36.4 Å². The van der Waals surface area contributed by atoms with E-state index < -0.39 is 5.91 Å². The molecule has 0 aliphatic carbocycles. The Hall–Kier alpha value is -3.83. The first-order chi connectivity index (χ1) is 19.0. The molecule has 5 rings (SSSR count). The van der Waals surface area contributed by atoms with E-state index in [1.165, 1.54) is 27.6 Å². The van der Waals surface area contributed by atoms with Gasteiger partial charge in [0.15, 0.2) is 0 Å². The molecule has 8 nitrogen and oxygen atoms in total. The molecule has 0 spiro atoms. The number of aliphatic hydroxyl groups excluding tert-OH is 1. The van der Waals surface area contributed by atoms with Crippen LogP contribution in [0, 0.1) is 0 Å². The molecule has 0 amide bonds. The zero-order valence-corrected chi connectivity index (χ0v) is 23.1. The summed E-state index contributed by atoms with van der Waals surface area (Å²) >= 11 is 8.92. The van der Waals surface area contributed by atoms with Gasteiger partial charge in [0.2, 0.25) is 0 Å². The minimum Gasteiger partial charge on any atom is -0.392 e. The van der Waals surface area contributed by atoms with Gasteiger partial charge in [-0.2, -0.15) is 9.78 Å². The lowest BCUT2D eigenvalue weighted by Gasteiger charge is -2.09. The van der Waals surface area contributed by atoms with Gasteiger partial charge in [-0.15, -0.1) is 11.3 Å². The highest BCUT2D eigenvalue weighted by Crippen LogP contribution is 2.27. The second-order valence-corrected chi connectivity index (χ2v) is 11.3. The van der Waals surface area contributed by atoms with E-state index in [1.807, 2.05) is 24.3 Å². The van der Waals surface area contributed by atoms with E-state index in [0.717, 1.165) is 9.75 Å². The molecule has 0 atom stereocenters. The molecule has 2 N–H and O–H groups in total. The Morgan fingerprint density at radius 1 is 1.15 bits per heavy atom. The molecule has 5 aromatic rings. The Morgan fingerprint density at radius 3 is 2.74 bits per heavy atom. The number of rotatable bonds is 10. The summed E-state index contributed by atoms with van der Waals surface area (Å²) in [6, 6.07) is 15.9. The van der Waals surface area contributed by atoms with Gasteiger partial charge in [0.05, 0.1) is 23.1 Å². The summed E-state index contributed by atoms with van der Waals surface area (Å²) in [4.78, 5) is 29.3. The Bertz CT molecular complexity index is 1690. The summed E-state index contributed by atoms with van der Waals surface area (Å²) in [6.45, 7) is 4.57. The SMILES string of the molecule is C=Cc1ccn(CCc2ccns2)c(=O)c1-c1cc(NCc2ccc(Cl)s2)n(C(=O)c2cccc(CO)c2)n1. The molecule has 1 aromatic carbocycles. The molecule has 198 valence electrons. The van der Waals surface area contributed by atoms with Gasteiger partial charge in [-0.25, -0.2) is 4.37 Å². The van der Waals surface area contributed by atoms with Gasteiger partial charge in [-0.05, 0) is 59.1 Å². The molecular weight excluding hydrogens is 554 g/mol. The predicted molar refractivity (Wildman–Crippen MR) is 157 cm³/mol. The smallest absolute Gasteiger partial charge is 0.280 e. The molecule has 0 saturated heterocycles. The second-order valence-electron chi connectivity index (χ2n) is 8.63. The third-order valence-corrected chi connectivity index (χ3v) is 8.13. The van der Waals surface area contributed by atoms with Crippen LogP contribution in [0.3, 0.4) is 0 Å². The van der Waals surface area contributed by atoms with Crippen LogP contribution in [0.4, 0.5) is 5.82 Å². The van der Waals surface area contributed by atoms with Crippen LogP contribution in [0.2, 0.25) is 4.34 Å². The highest BCUT2D eigenvalue weighted by molar-refractivity contribution is 7.16. The van der Waals surface area contributed by atoms with E-state index in [1.54, 1.807) is 53.4 Å². The van der Waals surface area contributed by atoms with Gasteiger partial charge in [-0.3, -0.25) is 9.59 Å². The number of anilines is 1. The van der Waals surface area contributed by atoms with E-state index in [0.29, 0.717) is 57.6 Å². The number of carbonyl (C=O) groups is 1. The molecule has 4 heterocycles. The van der Waals surface area contributed by atoms with Crippen molar-refractivity contribution in [1.29, 1.82) is 0 Å². The van der Waals surface area contributed by atoms with E-state index in [-0.39, 0.29) is 12.2 Å². The van der Waals surface area contributed by atoms with Crippen LogP contribution in [0.15, 0.2) is 78.4 Å². The van der Waals surface area contributed by atoms with Crippen molar-refractivity contribution in [1.82, 2.24) is 18.7 Å². The predicted octanol–water partition coefficient (Wildman–Crippen LogP) is 5.56. The van der Waals surface area contributed by atoms with Crippen molar-refractivity contribution < 1.29 is 9.90 Å².